The summed E-state index contributed by atoms with van der Waals surface area (Å²) in [4.78, 5) is 11.9. The molecule has 0 saturated carbocycles. The first-order valence-corrected chi connectivity index (χ1v) is 7.53. The summed E-state index contributed by atoms with van der Waals surface area (Å²) in [5.41, 5.74) is 1.20. The maximum absolute atomic E-state index is 11.9. The third kappa shape index (κ3) is 4.30. The summed E-state index contributed by atoms with van der Waals surface area (Å²) in [5, 5.41) is 8.58. The van der Waals surface area contributed by atoms with Crippen LogP contribution in [0.4, 0.5) is 0 Å². The van der Waals surface area contributed by atoms with Crippen molar-refractivity contribution in [2.45, 2.75) is 32.9 Å². The standard InChI is InChI=1S/C18H24N2O/c1-13(2)10-17(18(21)19-3)20-12-14-8-9-15-6-4-5-7-16(15)11-14/h4-9,11,13,17,20H,10,12H2,1-3H3,(H,19,21). The fourth-order valence-electron chi connectivity index (χ4n) is 2.52. The van der Waals surface area contributed by atoms with Crippen LogP contribution in [-0.2, 0) is 11.3 Å². The van der Waals surface area contributed by atoms with E-state index in [1.165, 1.54) is 16.3 Å². The highest BCUT2D eigenvalue weighted by atomic mass is 16.2. The van der Waals surface area contributed by atoms with E-state index in [4.69, 9.17) is 0 Å². The lowest BCUT2D eigenvalue weighted by molar-refractivity contribution is -0.123. The Labute approximate surface area is 126 Å². The van der Waals surface area contributed by atoms with E-state index < -0.39 is 0 Å². The van der Waals surface area contributed by atoms with Crippen LogP contribution in [0.1, 0.15) is 25.8 Å². The van der Waals surface area contributed by atoms with Crippen molar-refractivity contribution in [2.75, 3.05) is 7.05 Å². The van der Waals surface area contributed by atoms with Crippen molar-refractivity contribution >= 4 is 16.7 Å². The van der Waals surface area contributed by atoms with Gasteiger partial charge in [0, 0.05) is 13.6 Å². The van der Waals surface area contributed by atoms with E-state index >= 15 is 0 Å². The number of nitrogens with one attached hydrogen (secondary N) is 2. The highest BCUT2D eigenvalue weighted by Gasteiger charge is 2.17. The van der Waals surface area contributed by atoms with Gasteiger partial charge in [-0.2, -0.15) is 0 Å². The van der Waals surface area contributed by atoms with Gasteiger partial charge >= 0.3 is 0 Å². The van der Waals surface area contributed by atoms with Crippen molar-refractivity contribution in [1.29, 1.82) is 0 Å². The third-order valence-corrected chi connectivity index (χ3v) is 3.64. The van der Waals surface area contributed by atoms with Gasteiger partial charge < -0.3 is 10.6 Å². The van der Waals surface area contributed by atoms with Crippen LogP contribution in [0.5, 0.6) is 0 Å². The second-order valence-corrected chi connectivity index (χ2v) is 5.86. The Morgan fingerprint density at radius 1 is 1.10 bits per heavy atom. The number of rotatable bonds is 6. The molecular weight excluding hydrogens is 260 g/mol. The number of hydrogen-bond donors (Lipinski definition) is 2. The SMILES string of the molecule is CNC(=O)C(CC(C)C)NCc1ccc2ccccc2c1. The fraction of sp³-hybridized carbons (Fsp3) is 0.389. The molecule has 0 fully saturated rings. The first kappa shape index (κ1) is 15.5. The quantitative estimate of drug-likeness (QED) is 0.856. The topological polar surface area (TPSA) is 41.1 Å². The van der Waals surface area contributed by atoms with Crippen molar-refractivity contribution < 1.29 is 4.79 Å². The lowest BCUT2D eigenvalue weighted by Crippen LogP contribution is -2.43. The van der Waals surface area contributed by atoms with E-state index in [1.54, 1.807) is 7.05 Å². The van der Waals surface area contributed by atoms with Gasteiger partial charge in [-0.1, -0.05) is 50.2 Å². The molecule has 0 saturated heterocycles. The molecule has 0 radical (unpaired) electrons. The molecule has 0 aliphatic rings. The molecule has 2 aromatic carbocycles. The zero-order valence-corrected chi connectivity index (χ0v) is 13.0. The van der Waals surface area contributed by atoms with Crippen LogP contribution in [-0.4, -0.2) is 19.0 Å². The molecule has 3 heteroatoms. The second-order valence-electron chi connectivity index (χ2n) is 5.86. The maximum atomic E-state index is 11.9. The minimum absolute atomic E-state index is 0.0597. The van der Waals surface area contributed by atoms with Crippen LogP contribution < -0.4 is 10.6 Å². The van der Waals surface area contributed by atoms with E-state index in [0.29, 0.717) is 12.5 Å². The highest BCUT2D eigenvalue weighted by molar-refractivity contribution is 5.83. The number of amides is 1. The fourth-order valence-corrected chi connectivity index (χ4v) is 2.52. The summed E-state index contributed by atoms with van der Waals surface area (Å²) in [6.07, 6.45) is 0.841. The summed E-state index contributed by atoms with van der Waals surface area (Å²) in [7, 11) is 1.69. The van der Waals surface area contributed by atoms with E-state index in [2.05, 4.69) is 54.8 Å². The monoisotopic (exact) mass is 284 g/mol. The van der Waals surface area contributed by atoms with E-state index in [0.717, 1.165) is 6.42 Å². The molecule has 2 rings (SSSR count). The van der Waals surface area contributed by atoms with Crippen LogP contribution in [0.15, 0.2) is 42.5 Å². The molecule has 0 aliphatic heterocycles. The van der Waals surface area contributed by atoms with Gasteiger partial charge in [0.1, 0.15) is 0 Å². The van der Waals surface area contributed by atoms with Gasteiger partial charge in [-0.25, -0.2) is 0 Å². The zero-order chi connectivity index (χ0) is 15.2. The number of likely N-dealkylation sites (N-methyl/N-ethyl adjacent to an activating group) is 1. The molecule has 1 unspecified atom stereocenters. The van der Waals surface area contributed by atoms with E-state index in [1.807, 2.05) is 12.1 Å². The van der Waals surface area contributed by atoms with Crippen LogP contribution >= 0.6 is 0 Å². The first-order chi connectivity index (χ1) is 10.1. The molecule has 112 valence electrons. The zero-order valence-electron chi connectivity index (χ0n) is 13.0. The van der Waals surface area contributed by atoms with Crippen LogP contribution in [0.2, 0.25) is 0 Å². The smallest absolute Gasteiger partial charge is 0.236 e. The Hall–Kier alpha value is -1.87. The van der Waals surface area contributed by atoms with Crippen molar-refractivity contribution in [3.8, 4) is 0 Å². The summed E-state index contributed by atoms with van der Waals surface area (Å²) in [5.74, 6) is 0.542. The van der Waals surface area contributed by atoms with Gasteiger partial charge in [-0.15, -0.1) is 0 Å². The molecule has 0 spiro atoms. The average Bonchev–Trinajstić information content (AvgIpc) is 2.50. The van der Waals surface area contributed by atoms with Gasteiger partial charge in [-0.3, -0.25) is 4.79 Å². The number of carbonyl (C=O) groups is 1. The third-order valence-electron chi connectivity index (χ3n) is 3.64. The largest absolute Gasteiger partial charge is 0.358 e. The molecule has 2 aromatic rings. The summed E-state index contributed by atoms with van der Waals surface area (Å²) in [6.45, 7) is 4.97. The van der Waals surface area contributed by atoms with Gasteiger partial charge in [0.05, 0.1) is 6.04 Å². The minimum Gasteiger partial charge on any atom is -0.358 e. The predicted octanol–water partition coefficient (Wildman–Crippen LogP) is 3.09. The normalized spacial score (nSPS) is 12.6. The highest BCUT2D eigenvalue weighted by Crippen LogP contribution is 2.16. The molecule has 0 aliphatic carbocycles. The molecule has 3 nitrogen and oxygen atoms in total. The van der Waals surface area contributed by atoms with Crippen molar-refractivity contribution in [3.05, 3.63) is 48.0 Å². The van der Waals surface area contributed by atoms with E-state index in [9.17, 15) is 4.79 Å². The van der Waals surface area contributed by atoms with Gasteiger partial charge in [0.2, 0.25) is 5.91 Å². The minimum atomic E-state index is -0.138. The Morgan fingerprint density at radius 3 is 2.48 bits per heavy atom. The van der Waals surface area contributed by atoms with Crippen LogP contribution in [0, 0.1) is 5.92 Å². The van der Waals surface area contributed by atoms with E-state index in [-0.39, 0.29) is 11.9 Å². The van der Waals surface area contributed by atoms with Gasteiger partial charge in [0.15, 0.2) is 0 Å². The Bertz CT molecular complexity index is 607. The first-order valence-electron chi connectivity index (χ1n) is 7.53. The van der Waals surface area contributed by atoms with Crippen molar-refractivity contribution in [1.82, 2.24) is 10.6 Å². The van der Waals surface area contributed by atoms with Crippen LogP contribution in [0.25, 0.3) is 10.8 Å². The summed E-state index contributed by atoms with van der Waals surface area (Å²) in [6, 6.07) is 14.6. The lowest BCUT2D eigenvalue weighted by Gasteiger charge is -2.19. The molecule has 1 atom stereocenters. The summed E-state index contributed by atoms with van der Waals surface area (Å²) < 4.78 is 0. The molecule has 2 N–H and O–H groups in total. The Balaban J connectivity index is 2.06. The second kappa shape index (κ2) is 7.23. The Kier molecular flexibility index (Phi) is 5.34. The van der Waals surface area contributed by atoms with Crippen LogP contribution in [0.3, 0.4) is 0 Å². The molecular formula is C18H24N2O. The van der Waals surface area contributed by atoms with Crippen molar-refractivity contribution in [2.24, 2.45) is 5.92 Å². The number of carbonyl (C=O) groups excluding carboxylic acids is 1. The number of benzene rings is 2. The molecule has 0 heterocycles. The predicted molar refractivity (Wildman–Crippen MR) is 88.1 cm³/mol. The molecule has 21 heavy (non-hydrogen) atoms. The Morgan fingerprint density at radius 2 is 1.81 bits per heavy atom. The molecule has 1 amide bonds. The maximum Gasteiger partial charge on any atom is 0.236 e. The summed E-state index contributed by atoms with van der Waals surface area (Å²) >= 11 is 0. The number of hydrogen-bond acceptors (Lipinski definition) is 2. The lowest BCUT2D eigenvalue weighted by atomic mass is 10.0. The average molecular weight is 284 g/mol. The van der Waals surface area contributed by atoms with Gasteiger partial charge in [-0.05, 0) is 34.7 Å². The van der Waals surface area contributed by atoms with Crippen molar-refractivity contribution in [3.63, 3.8) is 0 Å². The number of fused-ring (bicyclic) bond motifs is 1. The molecule has 0 bridgehead atoms. The molecule has 0 aromatic heterocycles. The van der Waals surface area contributed by atoms with Gasteiger partial charge in [0.25, 0.3) is 0 Å².